The zero-order valence-electron chi connectivity index (χ0n) is 13.6. The molecule has 0 saturated carbocycles. The Morgan fingerprint density at radius 2 is 1.65 bits per heavy atom. The van der Waals surface area contributed by atoms with Gasteiger partial charge in [-0.1, -0.05) is 6.07 Å². The number of nitrogens with one attached hydrogen (secondary N) is 1. The van der Waals surface area contributed by atoms with Gasteiger partial charge in [0.15, 0.2) is 0 Å². The van der Waals surface area contributed by atoms with Crippen LogP contribution in [-0.4, -0.2) is 46.5 Å². The molecule has 1 aliphatic rings. The van der Waals surface area contributed by atoms with Gasteiger partial charge in [-0.3, -0.25) is 0 Å². The van der Waals surface area contributed by atoms with Crippen molar-refractivity contribution < 1.29 is 24.9 Å². The van der Waals surface area contributed by atoms with Crippen molar-refractivity contribution in [3.05, 3.63) is 34.9 Å². The first-order chi connectivity index (χ1) is 10.8. The summed E-state index contributed by atoms with van der Waals surface area (Å²) < 4.78 is 0. The Balaban J connectivity index is 0.000000238. The molecule has 0 radical (unpaired) electrons. The predicted molar refractivity (Wildman–Crippen MR) is 87.0 cm³/mol. The van der Waals surface area contributed by atoms with E-state index in [0.717, 1.165) is 25.4 Å². The van der Waals surface area contributed by atoms with Crippen LogP contribution in [0.1, 0.15) is 52.5 Å². The Labute approximate surface area is 136 Å². The molecule has 23 heavy (non-hydrogen) atoms. The number of aromatic carboxylic acids is 2. The zero-order valence-corrected chi connectivity index (χ0v) is 13.6. The minimum absolute atomic E-state index is 0.0277. The number of carboxylic acids is 2. The van der Waals surface area contributed by atoms with E-state index in [9.17, 15) is 9.59 Å². The second-order valence-electron chi connectivity index (χ2n) is 5.87. The normalized spacial score (nSPS) is 16.1. The van der Waals surface area contributed by atoms with Crippen LogP contribution in [0.5, 0.6) is 0 Å². The monoisotopic (exact) mass is 323 g/mol. The molecule has 0 aliphatic carbocycles. The van der Waals surface area contributed by atoms with Gasteiger partial charge in [0.1, 0.15) is 0 Å². The Morgan fingerprint density at radius 1 is 1.17 bits per heavy atom. The third kappa shape index (κ3) is 6.38. The maximum Gasteiger partial charge on any atom is 0.335 e. The van der Waals surface area contributed by atoms with Gasteiger partial charge in [0.2, 0.25) is 0 Å². The summed E-state index contributed by atoms with van der Waals surface area (Å²) in [6.07, 6.45) is 3.36. The highest BCUT2D eigenvalue weighted by atomic mass is 16.4. The first-order valence-electron chi connectivity index (χ1n) is 7.78. The van der Waals surface area contributed by atoms with Crippen LogP contribution in [-0.2, 0) is 0 Å². The lowest BCUT2D eigenvalue weighted by atomic mass is 9.93. The lowest BCUT2D eigenvalue weighted by Gasteiger charge is -2.23. The van der Waals surface area contributed by atoms with E-state index in [1.807, 2.05) is 6.92 Å². The Morgan fingerprint density at radius 3 is 2.04 bits per heavy atom. The molecule has 6 nitrogen and oxygen atoms in total. The molecule has 1 atom stereocenters. The Kier molecular flexibility index (Phi) is 7.71. The minimum atomic E-state index is -1.11. The minimum Gasteiger partial charge on any atom is -0.478 e. The molecule has 1 fully saturated rings. The molecule has 6 heteroatoms. The summed E-state index contributed by atoms with van der Waals surface area (Å²) in [4.78, 5) is 21.2. The average Bonchev–Trinajstić information content (AvgIpc) is 2.48. The largest absolute Gasteiger partial charge is 0.478 e. The number of hydrogen-bond donors (Lipinski definition) is 4. The first-order valence-corrected chi connectivity index (χ1v) is 7.78. The molecule has 1 unspecified atom stereocenters. The van der Waals surface area contributed by atoms with Crippen LogP contribution in [0.3, 0.4) is 0 Å². The highest BCUT2D eigenvalue weighted by Crippen LogP contribution is 2.17. The number of benzene rings is 1. The molecule has 0 spiro atoms. The number of piperidine rings is 1. The van der Waals surface area contributed by atoms with E-state index in [1.165, 1.54) is 38.0 Å². The van der Waals surface area contributed by atoms with Gasteiger partial charge in [-0.15, -0.1) is 0 Å². The summed E-state index contributed by atoms with van der Waals surface area (Å²) >= 11 is 0. The summed E-state index contributed by atoms with van der Waals surface area (Å²) in [6.45, 7) is 5.63. The fourth-order valence-corrected chi connectivity index (χ4v) is 2.70. The molecule has 128 valence electrons. The third-order valence-electron chi connectivity index (χ3n) is 3.93. The number of hydrogen-bond acceptors (Lipinski definition) is 4. The molecular formula is C17H25NO5. The van der Waals surface area contributed by atoms with Crippen molar-refractivity contribution in [3.63, 3.8) is 0 Å². The number of carbonyl (C=O) groups is 2. The van der Waals surface area contributed by atoms with Crippen LogP contribution in [0.2, 0.25) is 0 Å². The van der Waals surface area contributed by atoms with Gasteiger partial charge < -0.3 is 20.6 Å². The quantitative estimate of drug-likeness (QED) is 0.676. The second-order valence-corrected chi connectivity index (χ2v) is 5.87. The van der Waals surface area contributed by atoms with Crippen molar-refractivity contribution in [2.75, 3.05) is 13.1 Å². The zero-order chi connectivity index (χ0) is 17.4. The van der Waals surface area contributed by atoms with Crippen molar-refractivity contribution in [1.29, 1.82) is 0 Å². The van der Waals surface area contributed by atoms with Crippen LogP contribution >= 0.6 is 0 Å². The smallest absolute Gasteiger partial charge is 0.335 e. The molecule has 0 bridgehead atoms. The van der Waals surface area contributed by atoms with Gasteiger partial charge in [0, 0.05) is 0 Å². The third-order valence-corrected chi connectivity index (χ3v) is 3.93. The Bertz CT molecular complexity index is 504. The van der Waals surface area contributed by atoms with Crippen LogP contribution in [0.15, 0.2) is 18.2 Å². The average molecular weight is 323 g/mol. The Hall–Kier alpha value is -1.92. The number of aliphatic hydroxyl groups is 1. The fourth-order valence-electron chi connectivity index (χ4n) is 2.70. The SMILES string of the molecule is CC(O)CC1CCNCC1.Cc1c(C(=O)O)cccc1C(=O)O. The van der Waals surface area contributed by atoms with E-state index in [-0.39, 0.29) is 22.8 Å². The van der Waals surface area contributed by atoms with E-state index < -0.39 is 11.9 Å². The summed E-state index contributed by atoms with van der Waals surface area (Å²) in [5, 5.41) is 29.7. The standard InChI is InChI=1S/C9H8O4.C8H17NO/c1-5-6(8(10)11)3-2-4-7(5)9(12)13;1-7(10)6-8-2-4-9-5-3-8/h2-4H,1H3,(H,10,11)(H,12,13);7-10H,2-6H2,1H3. The van der Waals surface area contributed by atoms with Crippen LogP contribution in [0.25, 0.3) is 0 Å². The lowest BCUT2D eigenvalue weighted by molar-refractivity contribution is 0.0696. The summed E-state index contributed by atoms with van der Waals surface area (Å²) in [5.41, 5.74) is 0.335. The van der Waals surface area contributed by atoms with Gasteiger partial charge in [-0.25, -0.2) is 9.59 Å². The topological polar surface area (TPSA) is 107 Å². The summed E-state index contributed by atoms with van der Waals surface area (Å²) in [6, 6.07) is 4.17. The summed E-state index contributed by atoms with van der Waals surface area (Å²) in [7, 11) is 0. The maximum absolute atomic E-state index is 10.6. The van der Waals surface area contributed by atoms with Crippen LogP contribution < -0.4 is 5.32 Å². The van der Waals surface area contributed by atoms with E-state index in [4.69, 9.17) is 15.3 Å². The maximum atomic E-state index is 10.6. The van der Waals surface area contributed by atoms with E-state index in [2.05, 4.69) is 5.32 Å². The lowest BCUT2D eigenvalue weighted by Crippen LogP contribution is -2.29. The van der Waals surface area contributed by atoms with Crippen molar-refractivity contribution in [3.8, 4) is 0 Å². The predicted octanol–water partition coefficient (Wildman–Crippen LogP) is 2.15. The molecule has 2 rings (SSSR count). The van der Waals surface area contributed by atoms with Crippen molar-refractivity contribution >= 4 is 11.9 Å². The first kappa shape index (κ1) is 19.1. The molecule has 0 aromatic heterocycles. The molecule has 1 saturated heterocycles. The molecule has 4 N–H and O–H groups in total. The summed E-state index contributed by atoms with van der Waals surface area (Å²) in [5.74, 6) is -1.46. The molecule has 1 heterocycles. The molecular weight excluding hydrogens is 298 g/mol. The van der Waals surface area contributed by atoms with E-state index in [1.54, 1.807) is 0 Å². The number of aliphatic hydroxyl groups excluding tert-OH is 1. The van der Waals surface area contributed by atoms with Gasteiger partial charge in [0.25, 0.3) is 0 Å². The van der Waals surface area contributed by atoms with Crippen LogP contribution in [0, 0.1) is 12.8 Å². The van der Waals surface area contributed by atoms with Gasteiger partial charge >= 0.3 is 11.9 Å². The van der Waals surface area contributed by atoms with Gasteiger partial charge in [-0.2, -0.15) is 0 Å². The highest BCUT2D eigenvalue weighted by molar-refractivity contribution is 5.96. The van der Waals surface area contributed by atoms with Gasteiger partial charge in [-0.05, 0) is 69.8 Å². The second kappa shape index (κ2) is 9.27. The molecule has 1 aromatic carbocycles. The molecule has 1 aromatic rings. The fraction of sp³-hybridized carbons (Fsp3) is 0.529. The van der Waals surface area contributed by atoms with E-state index in [0.29, 0.717) is 0 Å². The van der Waals surface area contributed by atoms with Crippen LogP contribution in [0.4, 0.5) is 0 Å². The van der Waals surface area contributed by atoms with Crippen molar-refractivity contribution in [2.24, 2.45) is 5.92 Å². The molecule has 1 aliphatic heterocycles. The number of carboxylic acid groups (broad SMARTS) is 2. The van der Waals surface area contributed by atoms with Gasteiger partial charge in [0.05, 0.1) is 17.2 Å². The molecule has 0 amide bonds. The number of rotatable bonds is 4. The van der Waals surface area contributed by atoms with Crippen molar-refractivity contribution in [2.45, 2.75) is 39.2 Å². The highest BCUT2D eigenvalue weighted by Gasteiger charge is 2.14. The van der Waals surface area contributed by atoms with Crippen molar-refractivity contribution in [1.82, 2.24) is 5.32 Å². The van der Waals surface area contributed by atoms with E-state index >= 15 is 0 Å².